The number of carbonyl (C=O) groups is 2. The molecule has 4 aliphatic carbocycles. The van der Waals surface area contributed by atoms with Gasteiger partial charge in [0.2, 0.25) is 0 Å². The quantitative estimate of drug-likeness (QED) is 0.443. The van der Waals surface area contributed by atoms with Gasteiger partial charge < -0.3 is 29.6 Å². The molecule has 0 saturated heterocycles. The molecule has 1 heterocycles. The Bertz CT molecular complexity index is 1080. The topological polar surface area (TPSA) is 154 Å². The molecule has 11 atom stereocenters. The highest BCUT2D eigenvalue weighted by atomic mass is 16.6. The SMILES string of the molecule is CC(=O)O[C@@H]1[C@H](O)[C@@H]2CC[C@@H]3[C@H]([C@H](O)C(=O)[C@]4(C)[C@@H](c5ccc(=O)oc5)CC[C@]34O)[C@@]2(C)C[C@H]1O. The Hall–Kier alpha value is -2.07. The Labute approximate surface area is 203 Å². The highest BCUT2D eigenvalue weighted by molar-refractivity contribution is 5.93. The van der Waals surface area contributed by atoms with E-state index in [1.165, 1.54) is 19.3 Å². The number of hydrogen-bond donors (Lipinski definition) is 4. The zero-order valence-corrected chi connectivity index (χ0v) is 20.2. The highest BCUT2D eigenvalue weighted by Crippen LogP contribution is 2.69. The van der Waals surface area contributed by atoms with Crippen molar-refractivity contribution in [2.75, 3.05) is 0 Å². The van der Waals surface area contributed by atoms with Crippen LogP contribution in [0.15, 0.2) is 27.6 Å². The second-order valence-electron chi connectivity index (χ2n) is 11.6. The number of aliphatic hydroxyl groups is 4. The van der Waals surface area contributed by atoms with Crippen LogP contribution in [-0.4, -0.2) is 62.2 Å². The predicted octanol–water partition coefficient (Wildman–Crippen LogP) is 0.904. The molecule has 9 heteroatoms. The summed E-state index contributed by atoms with van der Waals surface area (Å²) in [5, 5.41) is 45.7. The van der Waals surface area contributed by atoms with Gasteiger partial charge in [0.25, 0.3) is 0 Å². The molecule has 0 radical (unpaired) electrons. The number of hydrogen-bond acceptors (Lipinski definition) is 9. The van der Waals surface area contributed by atoms with Crippen molar-refractivity contribution in [3.63, 3.8) is 0 Å². The van der Waals surface area contributed by atoms with Crippen LogP contribution in [0.2, 0.25) is 0 Å². The van der Waals surface area contributed by atoms with Crippen LogP contribution < -0.4 is 5.63 Å². The van der Waals surface area contributed by atoms with E-state index in [0.717, 1.165) is 0 Å². The lowest BCUT2D eigenvalue weighted by Gasteiger charge is -2.65. The molecule has 1 aromatic rings. The summed E-state index contributed by atoms with van der Waals surface area (Å²) in [6.45, 7) is 4.78. The summed E-state index contributed by atoms with van der Waals surface area (Å²) in [5.74, 6) is -3.04. The van der Waals surface area contributed by atoms with Crippen LogP contribution in [-0.2, 0) is 14.3 Å². The standard InChI is InChI=1S/C26H34O9/c1-12(27)35-22-17(28)10-24(2)16(20(22)30)6-5-15-19(24)21(31)23(32)25(3)14(8-9-26(15,25)33)13-4-7-18(29)34-11-13/h4,7,11,14-17,19-22,28,30-31,33H,5-6,8-10H2,1-3H3/t14-,15-,16+,17-,19-,20-,21+,22+,24+,25+,26+/m1/s1. The third-order valence-electron chi connectivity index (χ3n) is 10.2. The molecule has 1 aromatic heterocycles. The third-order valence-corrected chi connectivity index (χ3v) is 10.2. The molecule has 0 aromatic carbocycles. The molecule has 0 unspecified atom stereocenters. The molecule has 4 fully saturated rings. The lowest BCUT2D eigenvalue weighted by atomic mass is 9.41. The largest absolute Gasteiger partial charge is 0.457 e. The molecule has 0 bridgehead atoms. The first kappa shape index (κ1) is 24.6. The molecule has 4 aliphatic rings. The zero-order valence-electron chi connectivity index (χ0n) is 20.2. The van der Waals surface area contributed by atoms with E-state index < -0.39 is 81.9 Å². The molecule has 0 amide bonds. The minimum atomic E-state index is -1.41. The normalized spacial score (nSPS) is 49.1. The molecule has 192 valence electrons. The molecule has 4 saturated carbocycles. The fourth-order valence-electron chi connectivity index (χ4n) is 8.61. The molecule has 35 heavy (non-hydrogen) atoms. The summed E-state index contributed by atoms with van der Waals surface area (Å²) in [5.41, 5.74) is -3.43. The van der Waals surface area contributed by atoms with Crippen molar-refractivity contribution >= 4 is 11.8 Å². The van der Waals surface area contributed by atoms with Gasteiger partial charge in [-0.25, -0.2) is 4.79 Å². The first-order valence-corrected chi connectivity index (χ1v) is 12.4. The smallest absolute Gasteiger partial charge is 0.335 e. The van der Waals surface area contributed by atoms with Crippen LogP contribution >= 0.6 is 0 Å². The summed E-state index contributed by atoms with van der Waals surface area (Å²) >= 11 is 0. The minimum absolute atomic E-state index is 0.123. The number of rotatable bonds is 2. The summed E-state index contributed by atoms with van der Waals surface area (Å²) in [6.07, 6.45) is -1.54. The second kappa shape index (κ2) is 7.96. The summed E-state index contributed by atoms with van der Waals surface area (Å²) < 4.78 is 10.3. The Morgan fingerprint density at radius 3 is 2.40 bits per heavy atom. The Morgan fingerprint density at radius 2 is 1.77 bits per heavy atom. The number of Topliss-reactive ketones (excluding diaryl/α,β-unsaturated/α-hetero) is 1. The number of aliphatic hydroxyl groups excluding tert-OH is 3. The van der Waals surface area contributed by atoms with Crippen LogP contribution in [0.25, 0.3) is 0 Å². The first-order valence-electron chi connectivity index (χ1n) is 12.4. The van der Waals surface area contributed by atoms with Gasteiger partial charge >= 0.3 is 11.6 Å². The fourth-order valence-corrected chi connectivity index (χ4v) is 8.61. The van der Waals surface area contributed by atoms with Gasteiger partial charge in [-0.15, -0.1) is 0 Å². The molecule has 5 rings (SSSR count). The van der Waals surface area contributed by atoms with E-state index in [9.17, 15) is 34.8 Å². The molecular weight excluding hydrogens is 456 g/mol. The van der Waals surface area contributed by atoms with Crippen molar-refractivity contribution in [2.45, 2.75) is 88.8 Å². The van der Waals surface area contributed by atoms with Crippen LogP contribution in [0.3, 0.4) is 0 Å². The minimum Gasteiger partial charge on any atom is -0.457 e. The number of carbonyl (C=O) groups excluding carboxylic acids is 2. The highest BCUT2D eigenvalue weighted by Gasteiger charge is 2.74. The number of ether oxygens (including phenoxy) is 1. The van der Waals surface area contributed by atoms with Gasteiger partial charge in [-0.3, -0.25) is 9.59 Å². The van der Waals surface area contributed by atoms with Crippen LogP contribution in [0.1, 0.15) is 64.4 Å². The molecule has 0 spiro atoms. The maximum Gasteiger partial charge on any atom is 0.335 e. The number of ketones is 1. The number of esters is 1. The van der Waals surface area contributed by atoms with Gasteiger partial charge in [0.05, 0.1) is 29.5 Å². The second-order valence-corrected chi connectivity index (χ2v) is 11.6. The van der Waals surface area contributed by atoms with E-state index in [0.29, 0.717) is 31.2 Å². The van der Waals surface area contributed by atoms with Crippen LogP contribution in [0, 0.1) is 28.6 Å². The molecule has 0 aliphatic heterocycles. The van der Waals surface area contributed by atoms with E-state index in [4.69, 9.17) is 9.15 Å². The van der Waals surface area contributed by atoms with Crippen molar-refractivity contribution in [3.8, 4) is 0 Å². The zero-order chi connectivity index (χ0) is 25.5. The average molecular weight is 491 g/mol. The monoisotopic (exact) mass is 490 g/mol. The van der Waals surface area contributed by atoms with E-state index >= 15 is 0 Å². The maximum atomic E-state index is 13.9. The predicted molar refractivity (Wildman–Crippen MR) is 121 cm³/mol. The number of fused-ring (bicyclic) bond motifs is 5. The average Bonchev–Trinajstić information content (AvgIpc) is 3.07. The van der Waals surface area contributed by atoms with Crippen molar-refractivity contribution in [1.82, 2.24) is 0 Å². The summed E-state index contributed by atoms with van der Waals surface area (Å²) in [6, 6.07) is 2.90. The molecular formula is C26H34O9. The van der Waals surface area contributed by atoms with Gasteiger partial charge in [0, 0.05) is 24.8 Å². The Morgan fingerprint density at radius 1 is 1.09 bits per heavy atom. The van der Waals surface area contributed by atoms with E-state index in [1.54, 1.807) is 13.0 Å². The van der Waals surface area contributed by atoms with Crippen molar-refractivity contribution in [3.05, 3.63) is 34.4 Å². The third kappa shape index (κ3) is 3.17. The summed E-state index contributed by atoms with van der Waals surface area (Å²) in [7, 11) is 0. The van der Waals surface area contributed by atoms with E-state index in [-0.39, 0.29) is 6.42 Å². The van der Waals surface area contributed by atoms with Crippen molar-refractivity contribution < 1.29 is 39.2 Å². The lowest BCUT2D eigenvalue weighted by Crippen LogP contribution is -2.72. The van der Waals surface area contributed by atoms with Gasteiger partial charge in [0.1, 0.15) is 6.10 Å². The fraction of sp³-hybridized carbons (Fsp3) is 0.731. The van der Waals surface area contributed by atoms with Gasteiger partial charge in [-0.2, -0.15) is 0 Å². The maximum absolute atomic E-state index is 13.9. The van der Waals surface area contributed by atoms with Crippen molar-refractivity contribution in [1.29, 1.82) is 0 Å². The summed E-state index contributed by atoms with van der Waals surface area (Å²) in [4.78, 5) is 37.0. The Balaban J connectivity index is 1.54. The Kier molecular flexibility index (Phi) is 5.60. The van der Waals surface area contributed by atoms with E-state index in [1.807, 2.05) is 6.92 Å². The van der Waals surface area contributed by atoms with Crippen molar-refractivity contribution in [2.24, 2.45) is 28.6 Å². The molecule has 9 nitrogen and oxygen atoms in total. The van der Waals surface area contributed by atoms with Gasteiger partial charge in [-0.1, -0.05) is 6.92 Å². The van der Waals surface area contributed by atoms with Crippen LogP contribution in [0.4, 0.5) is 0 Å². The van der Waals surface area contributed by atoms with Crippen LogP contribution in [0.5, 0.6) is 0 Å². The molecule has 4 N–H and O–H groups in total. The van der Waals surface area contributed by atoms with Gasteiger partial charge in [-0.05, 0) is 67.9 Å². The van der Waals surface area contributed by atoms with Gasteiger partial charge in [0.15, 0.2) is 11.9 Å². The first-order chi connectivity index (χ1) is 16.4. The van der Waals surface area contributed by atoms with E-state index in [2.05, 4.69) is 0 Å². The lowest BCUT2D eigenvalue weighted by molar-refractivity contribution is -0.255.